The predicted octanol–water partition coefficient (Wildman–Crippen LogP) is 4.33. The topological polar surface area (TPSA) is 56.2 Å². The zero-order chi connectivity index (χ0) is 19.1. The molecule has 0 radical (unpaired) electrons. The molecule has 3 N–H and O–H groups in total. The van der Waals surface area contributed by atoms with Crippen LogP contribution in [-0.4, -0.2) is 22.2 Å². The molecule has 0 aliphatic rings. The number of hydrogen-bond acceptors (Lipinski definition) is 2. The maximum atomic E-state index is 9.36. The average Bonchev–Trinajstić information content (AvgIpc) is 3.12. The molecule has 134 valence electrons. The van der Waals surface area contributed by atoms with Gasteiger partial charge in [0.2, 0.25) is 0 Å². The van der Waals surface area contributed by atoms with E-state index >= 15 is 0 Å². The Balaban J connectivity index is 1.79. The predicted molar refractivity (Wildman–Crippen MR) is 117 cm³/mol. The van der Waals surface area contributed by atoms with Crippen LogP contribution in [0.1, 0.15) is 0 Å². The van der Waals surface area contributed by atoms with E-state index in [0.29, 0.717) is 5.46 Å². The zero-order valence-corrected chi connectivity index (χ0v) is 15.1. The molecule has 5 aromatic rings. The van der Waals surface area contributed by atoms with Crippen LogP contribution in [0.15, 0.2) is 91.0 Å². The summed E-state index contributed by atoms with van der Waals surface area (Å²) in [7, 11) is -1.45. The van der Waals surface area contributed by atoms with Crippen molar-refractivity contribution in [2.75, 3.05) is 0 Å². The lowest BCUT2D eigenvalue weighted by molar-refractivity contribution is 0.426. The fraction of sp³-hybridized carbons (Fsp3) is 0. The SMILES string of the molecule is OB(O)c1ccc(-c2cc(-c3ccccc3)c3[nH]c4ccccc4c3c2)cc1. The van der Waals surface area contributed by atoms with Crippen molar-refractivity contribution in [3.63, 3.8) is 0 Å². The van der Waals surface area contributed by atoms with Crippen molar-refractivity contribution in [3.8, 4) is 22.3 Å². The number of fused-ring (bicyclic) bond motifs is 3. The summed E-state index contributed by atoms with van der Waals surface area (Å²) >= 11 is 0. The molecule has 0 bridgehead atoms. The van der Waals surface area contributed by atoms with E-state index in [0.717, 1.165) is 33.3 Å². The Morgan fingerprint density at radius 3 is 2.07 bits per heavy atom. The van der Waals surface area contributed by atoms with Gasteiger partial charge < -0.3 is 15.0 Å². The molecule has 3 nitrogen and oxygen atoms in total. The van der Waals surface area contributed by atoms with Gasteiger partial charge in [-0.25, -0.2) is 0 Å². The Labute approximate surface area is 163 Å². The van der Waals surface area contributed by atoms with Crippen molar-refractivity contribution in [1.29, 1.82) is 0 Å². The summed E-state index contributed by atoms with van der Waals surface area (Å²) in [6.07, 6.45) is 0. The van der Waals surface area contributed by atoms with Gasteiger partial charge in [0, 0.05) is 21.9 Å². The third-order valence-electron chi connectivity index (χ3n) is 5.24. The molecule has 0 spiro atoms. The summed E-state index contributed by atoms with van der Waals surface area (Å²) in [6.45, 7) is 0. The highest BCUT2D eigenvalue weighted by Gasteiger charge is 2.14. The van der Waals surface area contributed by atoms with Gasteiger partial charge in [0.1, 0.15) is 0 Å². The van der Waals surface area contributed by atoms with Crippen molar-refractivity contribution in [1.82, 2.24) is 4.98 Å². The third kappa shape index (κ3) is 2.80. The lowest BCUT2D eigenvalue weighted by Crippen LogP contribution is -2.29. The highest BCUT2D eigenvalue weighted by Crippen LogP contribution is 2.37. The molecule has 4 aromatic carbocycles. The van der Waals surface area contributed by atoms with E-state index in [1.54, 1.807) is 12.1 Å². The Morgan fingerprint density at radius 2 is 1.32 bits per heavy atom. The molecule has 0 aliphatic heterocycles. The molecule has 1 heterocycles. The monoisotopic (exact) mass is 363 g/mol. The second kappa shape index (κ2) is 6.68. The second-order valence-corrected chi connectivity index (χ2v) is 6.98. The summed E-state index contributed by atoms with van der Waals surface area (Å²) < 4.78 is 0. The van der Waals surface area contributed by atoms with E-state index < -0.39 is 7.12 Å². The first-order valence-corrected chi connectivity index (χ1v) is 9.27. The number of para-hydroxylation sites is 1. The van der Waals surface area contributed by atoms with E-state index in [1.807, 2.05) is 36.4 Å². The molecule has 0 atom stereocenters. The summed E-state index contributed by atoms with van der Waals surface area (Å²) in [6, 6.07) is 30.5. The van der Waals surface area contributed by atoms with Gasteiger partial charge in [0.05, 0.1) is 5.52 Å². The lowest BCUT2D eigenvalue weighted by atomic mass is 9.80. The first kappa shape index (κ1) is 16.8. The van der Waals surface area contributed by atoms with Crippen LogP contribution in [0.25, 0.3) is 44.1 Å². The normalized spacial score (nSPS) is 11.2. The lowest BCUT2D eigenvalue weighted by Gasteiger charge is -2.10. The molecule has 5 rings (SSSR count). The maximum absolute atomic E-state index is 9.36. The first-order valence-electron chi connectivity index (χ1n) is 9.27. The van der Waals surface area contributed by atoms with Crippen LogP contribution in [0.3, 0.4) is 0 Å². The van der Waals surface area contributed by atoms with Crippen LogP contribution >= 0.6 is 0 Å². The number of hydrogen-bond donors (Lipinski definition) is 3. The molecule has 4 heteroatoms. The van der Waals surface area contributed by atoms with Crippen LogP contribution in [-0.2, 0) is 0 Å². The molecule has 0 amide bonds. The molecule has 28 heavy (non-hydrogen) atoms. The second-order valence-electron chi connectivity index (χ2n) is 6.98. The minimum Gasteiger partial charge on any atom is -0.423 e. The van der Waals surface area contributed by atoms with Gasteiger partial charge >= 0.3 is 7.12 Å². The van der Waals surface area contributed by atoms with E-state index in [1.165, 1.54) is 10.8 Å². The first-order chi connectivity index (χ1) is 13.7. The van der Waals surface area contributed by atoms with Crippen molar-refractivity contribution < 1.29 is 10.0 Å². The molecule has 0 saturated carbocycles. The van der Waals surface area contributed by atoms with Gasteiger partial charge in [-0.1, -0.05) is 72.8 Å². The van der Waals surface area contributed by atoms with E-state index in [4.69, 9.17) is 0 Å². The summed E-state index contributed by atoms with van der Waals surface area (Å²) in [5, 5.41) is 21.1. The van der Waals surface area contributed by atoms with Gasteiger partial charge in [-0.15, -0.1) is 0 Å². The largest absolute Gasteiger partial charge is 0.488 e. The van der Waals surface area contributed by atoms with Gasteiger partial charge in [-0.3, -0.25) is 0 Å². The number of aromatic nitrogens is 1. The number of benzene rings is 4. The van der Waals surface area contributed by atoms with E-state index in [-0.39, 0.29) is 0 Å². The zero-order valence-electron chi connectivity index (χ0n) is 15.1. The van der Waals surface area contributed by atoms with Crippen LogP contribution in [0.4, 0.5) is 0 Å². The summed E-state index contributed by atoms with van der Waals surface area (Å²) in [5.41, 5.74) is 7.16. The Kier molecular flexibility index (Phi) is 4.01. The molecule has 0 aliphatic carbocycles. The molecule has 0 saturated heterocycles. The molecule has 0 unspecified atom stereocenters. The van der Waals surface area contributed by atoms with E-state index in [9.17, 15) is 10.0 Å². The minimum atomic E-state index is -1.45. The number of rotatable bonds is 3. The fourth-order valence-electron chi connectivity index (χ4n) is 3.81. The van der Waals surface area contributed by atoms with Crippen molar-refractivity contribution >= 4 is 34.4 Å². The molecule has 1 aromatic heterocycles. The average molecular weight is 363 g/mol. The van der Waals surface area contributed by atoms with Crippen LogP contribution < -0.4 is 5.46 Å². The maximum Gasteiger partial charge on any atom is 0.488 e. The highest BCUT2D eigenvalue weighted by atomic mass is 16.4. The Morgan fingerprint density at radius 1 is 0.607 bits per heavy atom. The molecular formula is C24H18BNO2. The van der Waals surface area contributed by atoms with E-state index in [2.05, 4.69) is 47.4 Å². The Hall–Kier alpha value is -3.34. The summed E-state index contributed by atoms with van der Waals surface area (Å²) in [4.78, 5) is 3.58. The van der Waals surface area contributed by atoms with Crippen molar-refractivity contribution in [2.45, 2.75) is 0 Å². The van der Waals surface area contributed by atoms with Gasteiger partial charge in [0.25, 0.3) is 0 Å². The van der Waals surface area contributed by atoms with Crippen LogP contribution in [0.5, 0.6) is 0 Å². The number of nitrogens with one attached hydrogen (secondary N) is 1. The highest BCUT2D eigenvalue weighted by molar-refractivity contribution is 6.58. The van der Waals surface area contributed by atoms with Crippen LogP contribution in [0.2, 0.25) is 0 Å². The fourth-order valence-corrected chi connectivity index (χ4v) is 3.81. The standard InChI is InChI=1S/C24H18BNO2/c27-25(28)19-12-10-16(11-13-19)18-14-21(17-6-2-1-3-7-17)24-22(15-18)20-8-4-5-9-23(20)26-24/h1-15,26-28H. The van der Waals surface area contributed by atoms with Crippen molar-refractivity contribution in [3.05, 3.63) is 91.0 Å². The van der Waals surface area contributed by atoms with Crippen molar-refractivity contribution in [2.24, 2.45) is 0 Å². The van der Waals surface area contributed by atoms with Gasteiger partial charge in [-0.2, -0.15) is 0 Å². The minimum absolute atomic E-state index is 0.486. The Bertz CT molecular complexity index is 1280. The third-order valence-corrected chi connectivity index (χ3v) is 5.24. The van der Waals surface area contributed by atoms with Gasteiger partial charge in [-0.05, 0) is 40.4 Å². The quantitative estimate of drug-likeness (QED) is 0.418. The van der Waals surface area contributed by atoms with Crippen LogP contribution in [0, 0.1) is 0 Å². The smallest absolute Gasteiger partial charge is 0.423 e. The number of aromatic amines is 1. The molecular weight excluding hydrogens is 345 g/mol. The summed E-state index contributed by atoms with van der Waals surface area (Å²) in [5.74, 6) is 0. The number of H-pyrrole nitrogens is 1. The molecule has 0 fully saturated rings. The van der Waals surface area contributed by atoms with Gasteiger partial charge in [0.15, 0.2) is 0 Å².